The summed E-state index contributed by atoms with van der Waals surface area (Å²) < 4.78 is 25.8. The molecule has 0 bridgehead atoms. The third kappa shape index (κ3) is 1.73. The predicted molar refractivity (Wildman–Crippen MR) is 66.4 cm³/mol. The van der Waals surface area contributed by atoms with E-state index in [2.05, 4.69) is 5.10 Å². The first kappa shape index (κ1) is 11.0. The van der Waals surface area contributed by atoms with Crippen LogP contribution in [0.15, 0.2) is 30.3 Å². The van der Waals surface area contributed by atoms with Gasteiger partial charge in [0.2, 0.25) is 5.88 Å². The molecule has 0 radical (unpaired) electrons. The first-order valence-electron chi connectivity index (χ1n) is 6.29. The molecule has 2 aliphatic heterocycles. The summed E-state index contributed by atoms with van der Waals surface area (Å²) in [5.41, 5.74) is 1.80. The molecule has 1 aromatic heterocycles. The highest BCUT2D eigenvalue weighted by molar-refractivity contribution is 5.60. The minimum Gasteiger partial charge on any atom is -0.477 e. The van der Waals surface area contributed by atoms with Crippen LogP contribution in [0.1, 0.15) is 0 Å². The van der Waals surface area contributed by atoms with Gasteiger partial charge in [-0.15, -0.1) is 0 Å². The maximum Gasteiger partial charge on any atom is 0.212 e. The summed E-state index contributed by atoms with van der Waals surface area (Å²) in [5, 5.41) is 4.54. The van der Waals surface area contributed by atoms with Crippen LogP contribution in [0.3, 0.4) is 0 Å². The molecule has 4 nitrogen and oxygen atoms in total. The highest BCUT2D eigenvalue weighted by atomic mass is 19.1. The molecule has 0 unspecified atom stereocenters. The van der Waals surface area contributed by atoms with Gasteiger partial charge in [0.25, 0.3) is 0 Å². The van der Waals surface area contributed by atoms with Gasteiger partial charge in [-0.1, -0.05) is 0 Å². The van der Waals surface area contributed by atoms with E-state index in [1.54, 1.807) is 12.1 Å². The van der Waals surface area contributed by atoms with Crippen molar-refractivity contribution in [3.63, 3.8) is 0 Å². The molecule has 1 aromatic carbocycles. The van der Waals surface area contributed by atoms with Gasteiger partial charge in [-0.2, -0.15) is 5.10 Å². The van der Waals surface area contributed by atoms with Gasteiger partial charge < -0.3 is 9.47 Å². The van der Waals surface area contributed by atoms with E-state index in [-0.39, 0.29) is 11.2 Å². The number of fused-ring (bicyclic) bond motifs is 1. The smallest absolute Gasteiger partial charge is 0.212 e. The lowest BCUT2D eigenvalue weighted by Crippen LogP contribution is -2.52. The van der Waals surface area contributed by atoms with Crippen LogP contribution in [0.25, 0.3) is 11.3 Å². The number of aromatic nitrogens is 2. The molecular formula is C14H13FN2O2. The Bertz CT molecular complexity index is 617. The van der Waals surface area contributed by atoms with Gasteiger partial charge in [0, 0.05) is 11.6 Å². The predicted octanol–water partition coefficient (Wildman–Crippen LogP) is 2.10. The van der Waals surface area contributed by atoms with Gasteiger partial charge in [0.1, 0.15) is 12.4 Å². The fraction of sp³-hybridized carbons (Fsp3) is 0.357. The van der Waals surface area contributed by atoms with Crippen LogP contribution in [0.4, 0.5) is 4.39 Å². The van der Waals surface area contributed by atoms with Gasteiger partial charge in [-0.05, 0) is 24.3 Å². The monoisotopic (exact) mass is 260 g/mol. The van der Waals surface area contributed by atoms with E-state index in [4.69, 9.17) is 9.47 Å². The van der Waals surface area contributed by atoms with Crippen LogP contribution in [-0.2, 0) is 11.3 Å². The maximum atomic E-state index is 12.9. The van der Waals surface area contributed by atoms with Crippen molar-refractivity contribution in [2.75, 3.05) is 19.8 Å². The molecule has 0 saturated carbocycles. The molecule has 5 heteroatoms. The molecule has 98 valence electrons. The second-order valence-electron chi connectivity index (χ2n) is 5.31. The fourth-order valence-electron chi connectivity index (χ4n) is 2.55. The van der Waals surface area contributed by atoms with Crippen molar-refractivity contribution in [2.24, 2.45) is 5.41 Å². The number of rotatable bonds is 1. The molecule has 0 aliphatic carbocycles. The Kier molecular flexibility index (Phi) is 2.20. The summed E-state index contributed by atoms with van der Waals surface area (Å²) in [6.45, 7) is 2.97. The first-order chi connectivity index (χ1) is 9.24. The highest BCUT2D eigenvalue weighted by Gasteiger charge is 2.43. The van der Waals surface area contributed by atoms with E-state index in [1.807, 2.05) is 10.7 Å². The van der Waals surface area contributed by atoms with Crippen LogP contribution < -0.4 is 4.74 Å². The largest absolute Gasteiger partial charge is 0.477 e. The van der Waals surface area contributed by atoms with Crippen molar-refractivity contribution in [1.82, 2.24) is 9.78 Å². The number of benzene rings is 1. The number of nitrogens with zero attached hydrogens (tertiary/aromatic N) is 2. The van der Waals surface area contributed by atoms with Gasteiger partial charge in [0.05, 0.1) is 30.9 Å². The Balaban J connectivity index is 1.67. The molecule has 1 spiro atoms. The number of ether oxygens (including phenoxy) is 2. The van der Waals surface area contributed by atoms with Crippen molar-refractivity contribution in [2.45, 2.75) is 6.54 Å². The average Bonchev–Trinajstić information content (AvgIpc) is 2.80. The Morgan fingerprint density at radius 1 is 1.16 bits per heavy atom. The number of hydrogen-bond acceptors (Lipinski definition) is 3. The molecule has 0 atom stereocenters. The van der Waals surface area contributed by atoms with Crippen LogP contribution in [0, 0.1) is 11.2 Å². The topological polar surface area (TPSA) is 36.3 Å². The Hall–Kier alpha value is -1.88. The second-order valence-corrected chi connectivity index (χ2v) is 5.31. The Morgan fingerprint density at radius 2 is 1.95 bits per heavy atom. The van der Waals surface area contributed by atoms with E-state index in [0.29, 0.717) is 6.61 Å². The van der Waals surface area contributed by atoms with E-state index < -0.39 is 0 Å². The van der Waals surface area contributed by atoms with Gasteiger partial charge >= 0.3 is 0 Å². The molecule has 2 aliphatic rings. The van der Waals surface area contributed by atoms with Crippen molar-refractivity contribution >= 4 is 0 Å². The zero-order valence-corrected chi connectivity index (χ0v) is 10.3. The van der Waals surface area contributed by atoms with E-state index in [9.17, 15) is 4.39 Å². The summed E-state index contributed by atoms with van der Waals surface area (Å²) in [7, 11) is 0. The molecule has 3 heterocycles. The third-order valence-corrected chi connectivity index (χ3v) is 3.71. The van der Waals surface area contributed by atoms with Gasteiger partial charge in [0.15, 0.2) is 0 Å². The lowest BCUT2D eigenvalue weighted by Gasteiger charge is -2.43. The molecule has 0 N–H and O–H groups in total. The minimum absolute atomic E-state index is 0.0963. The standard InChI is InChI=1S/C14H13FN2O2/c15-11-3-1-10(2-4-11)12-5-13-17(16-12)6-14(9-19-13)7-18-8-14/h1-5H,6-9H2. The van der Waals surface area contributed by atoms with E-state index in [0.717, 1.165) is 36.9 Å². The van der Waals surface area contributed by atoms with Crippen molar-refractivity contribution < 1.29 is 13.9 Å². The van der Waals surface area contributed by atoms with Crippen molar-refractivity contribution in [3.8, 4) is 17.1 Å². The van der Waals surface area contributed by atoms with Crippen LogP contribution in [-0.4, -0.2) is 29.6 Å². The summed E-state index contributed by atoms with van der Waals surface area (Å²) >= 11 is 0. The van der Waals surface area contributed by atoms with Crippen LogP contribution >= 0.6 is 0 Å². The Labute approximate surface area is 109 Å². The second kappa shape index (κ2) is 3.81. The minimum atomic E-state index is -0.241. The summed E-state index contributed by atoms with van der Waals surface area (Å²) in [6.07, 6.45) is 0. The Morgan fingerprint density at radius 3 is 2.63 bits per heavy atom. The van der Waals surface area contributed by atoms with Crippen molar-refractivity contribution in [1.29, 1.82) is 0 Å². The van der Waals surface area contributed by atoms with Crippen LogP contribution in [0.2, 0.25) is 0 Å². The van der Waals surface area contributed by atoms with E-state index in [1.165, 1.54) is 12.1 Å². The quantitative estimate of drug-likeness (QED) is 0.787. The summed E-state index contributed by atoms with van der Waals surface area (Å²) in [6, 6.07) is 8.24. The zero-order chi connectivity index (χ0) is 12.9. The van der Waals surface area contributed by atoms with Gasteiger partial charge in [-0.3, -0.25) is 0 Å². The zero-order valence-electron chi connectivity index (χ0n) is 10.3. The molecule has 4 rings (SSSR count). The van der Waals surface area contributed by atoms with Crippen LogP contribution in [0.5, 0.6) is 5.88 Å². The molecule has 1 fully saturated rings. The number of hydrogen-bond donors (Lipinski definition) is 0. The van der Waals surface area contributed by atoms with E-state index >= 15 is 0 Å². The highest BCUT2D eigenvalue weighted by Crippen LogP contribution is 2.37. The first-order valence-corrected chi connectivity index (χ1v) is 6.29. The molecule has 1 saturated heterocycles. The maximum absolute atomic E-state index is 12.9. The SMILES string of the molecule is Fc1ccc(-c2cc3n(n2)CC2(COC2)CO3)cc1. The van der Waals surface area contributed by atoms with Gasteiger partial charge in [-0.25, -0.2) is 9.07 Å². The summed E-state index contributed by atoms with van der Waals surface area (Å²) in [5.74, 6) is 0.534. The lowest BCUT2D eigenvalue weighted by atomic mass is 9.86. The normalized spacial score (nSPS) is 19.6. The molecule has 2 aromatic rings. The fourth-order valence-corrected chi connectivity index (χ4v) is 2.55. The van der Waals surface area contributed by atoms with Crippen molar-refractivity contribution in [3.05, 3.63) is 36.1 Å². The average molecular weight is 260 g/mol. The number of halogens is 1. The molecule has 19 heavy (non-hydrogen) atoms. The third-order valence-electron chi connectivity index (χ3n) is 3.71. The lowest BCUT2D eigenvalue weighted by molar-refractivity contribution is -0.153. The summed E-state index contributed by atoms with van der Waals surface area (Å²) in [4.78, 5) is 0. The molecular weight excluding hydrogens is 247 g/mol. The molecule has 0 amide bonds.